The van der Waals surface area contributed by atoms with E-state index in [0.717, 1.165) is 30.3 Å². The molecule has 1 aliphatic carbocycles. The molecule has 0 aliphatic heterocycles. The number of aromatic amines is 1. The van der Waals surface area contributed by atoms with Crippen molar-refractivity contribution >= 4 is 0 Å². The summed E-state index contributed by atoms with van der Waals surface area (Å²) in [7, 11) is 1.61. The highest BCUT2D eigenvalue weighted by Crippen LogP contribution is 2.35. The number of rotatable bonds is 3. The molecule has 88 valence electrons. The van der Waals surface area contributed by atoms with Crippen molar-refractivity contribution in [2.75, 3.05) is 7.11 Å². The third kappa shape index (κ3) is 2.50. The molecule has 2 unspecified atom stereocenters. The number of ether oxygens (including phenoxy) is 1. The maximum absolute atomic E-state index is 11.5. The zero-order valence-corrected chi connectivity index (χ0v) is 9.82. The summed E-state index contributed by atoms with van der Waals surface area (Å²) in [5.74, 6) is 1.99. The molecule has 2 atom stereocenters. The van der Waals surface area contributed by atoms with Gasteiger partial charge < -0.3 is 9.72 Å². The Hall–Kier alpha value is -1.16. The van der Waals surface area contributed by atoms with Crippen LogP contribution in [-0.2, 0) is 11.3 Å². The Balaban J connectivity index is 2.23. The number of nitrogens with zero attached hydrogens (tertiary/aromatic N) is 1. The topological polar surface area (TPSA) is 55.0 Å². The zero-order chi connectivity index (χ0) is 11.5. The highest BCUT2D eigenvalue weighted by atomic mass is 16.5. The first-order valence-corrected chi connectivity index (χ1v) is 5.78. The Morgan fingerprint density at radius 2 is 2.38 bits per heavy atom. The SMILES string of the molecule is COCc1cc(=O)[nH]c(C2CCC(C)C2)n1. The van der Waals surface area contributed by atoms with Crippen LogP contribution in [0.15, 0.2) is 10.9 Å². The molecule has 1 aromatic rings. The molecular weight excluding hydrogens is 204 g/mol. The number of aromatic nitrogens is 2. The van der Waals surface area contributed by atoms with Gasteiger partial charge in [0.25, 0.3) is 5.56 Å². The van der Waals surface area contributed by atoms with Gasteiger partial charge in [-0.1, -0.05) is 6.92 Å². The van der Waals surface area contributed by atoms with Gasteiger partial charge in [0, 0.05) is 19.1 Å². The Kier molecular flexibility index (Phi) is 3.39. The van der Waals surface area contributed by atoms with Crippen LogP contribution in [0.2, 0.25) is 0 Å². The predicted octanol–water partition coefficient (Wildman–Crippen LogP) is 1.82. The molecule has 0 saturated heterocycles. The van der Waals surface area contributed by atoms with Gasteiger partial charge in [-0.15, -0.1) is 0 Å². The molecule has 0 radical (unpaired) electrons. The average Bonchev–Trinajstić information content (AvgIpc) is 2.64. The second kappa shape index (κ2) is 4.78. The summed E-state index contributed by atoms with van der Waals surface area (Å²) >= 11 is 0. The molecule has 2 rings (SSSR count). The lowest BCUT2D eigenvalue weighted by Crippen LogP contribution is -2.15. The molecule has 1 aromatic heterocycles. The minimum absolute atomic E-state index is 0.0726. The van der Waals surface area contributed by atoms with Crippen LogP contribution in [0, 0.1) is 5.92 Å². The van der Waals surface area contributed by atoms with Gasteiger partial charge in [-0.2, -0.15) is 0 Å². The lowest BCUT2D eigenvalue weighted by molar-refractivity contribution is 0.181. The molecular formula is C12H18N2O2. The molecule has 1 saturated carbocycles. The zero-order valence-electron chi connectivity index (χ0n) is 9.82. The fourth-order valence-corrected chi connectivity index (χ4v) is 2.40. The summed E-state index contributed by atoms with van der Waals surface area (Å²) in [6.45, 7) is 2.65. The quantitative estimate of drug-likeness (QED) is 0.848. The average molecular weight is 222 g/mol. The normalized spacial score (nSPS) is 24.9. The maximum atomic E-state index is 11.5. The third-order valence-corrected chi connectivity index (χ3v) is 3.19. The van der Waals surface area contributed by atoms with Crippen LogP contribution in [0.1, 0.15) is 43.6 Å². The van der Waals surface area contributed by atoms with Gasteiger partial charge in [-0.25, -0.2) is 4.98 Å². The molecule has 1 heterocycles. The summed E-state index contributed by atoms with van der Waals surface area (Å²) in [5.41, 5.74) is 0.650. The van der Waals surface area contributed by atoms with Crippen LogP contribution in [0.4, 0.5) is 0 Å². The molecule has 0 aromatic carbocycles. The van der Waals surface area contributed by atoms with Gasteiger partial charge in [0.05, 0.1) is 12.3 Å². The number of H-pyrrole nitrogens is 1. The standard InChI is InChI=1S/C12H18N2O2/c1-8-3-4-9(5-8)12-13-10(7-16-2)6-11(15)14-12/h6,8-9H,3-5,7H2,1-2H3,(H,13,14,15). The Bertz CT molecular complexity index is 414. The van der Waals surface area contributed by atoms with E-state index in [1.807, 2.05) is 0 Å². The smallest absolute Gasteiger partial charge is 0.251 e. The number of nitrogens with one attached hydrogen (secondary N) is 1. The summed E-state index contributed by atoms with van der Waals surface area (Å²) in [5, 5.41) is 0. The van der Waals surface area contributed by atoms with E-state index in [4.69, 9.17) is 4.74 Å². The Labute approximate surface area is 95.1 Å². The van der Waals surface area contributed by atoms with Crippen molar-refractivity contribution in [1.82, 2.24) is 9.97 Å². The van der Waals surface area contributed by atoms with Crippen molar-refractivity contribution in [2.24, 2.45) is 5.92 Å². The van der Waals surface area contributed by atoms with Crippen molar-refractivity contribution in [1.29, 1.82) is 0 Å². The van der Waals surface area contributed by atoms with Crippen LogP contribution in [0.25, 0.3) is 0 Å². The molecule has 16 heavy (non-hydrogen) atoms. The number of methoxy groups -OCH3 is 1. The minimum atomic E-state index is -0.0726. The van der Waals surface area contributed by atoms with Crippen molar-refractivity contribution in [3.05, 3.63) is 27.9 Å². The van der Waals surface area contributed by atoms with Gasteiger partial charge in [-0.05, 0) is 25.2 Å². The first-order valence-electron chi connectivity index (χ1n) is 5.78. The van der Waals surface area contributed by atoms with Crippen LogP contribution in [0.5, 0.6) is 0 Å². The van der Waals surface area contributed by atoms with Gasteiger partial charge in [0.2, 0.25) is 0 Å². The summed E-state index contributed by atoms with van der Waals surface area (Å²) < 4.78 is 5.01. The fraction of sp³-hybridized carbons (Fsp3) is 0.667. The van der Waals surface area contributed by atoms with Crippen molar-refractivity contribution in [3.63, 3.8) is 0 Å². The summed E-state index contributed by atoms with van der Waals surface area (Å²) in [6.07, 6.45) is 3.48. The van der Waals surface area contributed by atoms with Crippen LogP contribution in [-0.4, -0.2) is 17.1 Å². The molecule has 4 nitrogen and oxygen atoms in total. The van der Waals surface area contributed by atoms with E-state index in [9.17, 15) is 4.79 Å². The number of hydrogen-bond donors (Lipinski definition) is 1. The highest BCUT2D eigenvalue weighted by molar-refractivity contribution is 5.07. The summed E-state index contributed by atoms with van der Waals surface area (Å²) in [6, 6.07) is 1.51. The lowest BCUT2D eigenvalue weighted by Gasteiger charge is -2.09. The van der Waals surface area contributed by atoms with Gasteiger partial charge >= 0.3 is 0 Å². The Morgan fingerprint density at radius 3 is 3.00 bits per heavy atom. The lowest BCUT2D eigenvalue weighted by atomic mass is 10.1. The monoisotopic (exact) mass is 222 g/mol. The summed E-state index contributed by atoms with van der Waals surface area (Å²) in [4.78, 5) is 18.8. The van der Waals surface area contributed by atoms with Crippen molar-refractivity contribution in [2.45, 2.75) is 38.7 Å². The third-order valence-electron chi connectivity index (χ3n) is 3.19. The van der Waals surface area contributed by atoms with E-state index in [0.29, 0.717) is 12.5 Å². The van der Waals surface area contributed by atoms with Crippen LogP contribution in [0.3, 0.4) is 0 Å². The second-order valence-corrected chi connectivity index (χ2v) is 4.67. The minimum Gasteiger partial charge on any atom is -0.378 e. The second-order valence-electron chi connectivity index (χ2n) is 4.67. The van der Waals surface area contributed by atoms with Crippen molar-refractivity contribution < 1.29 is 4.74 Å². The van der Waals surface area contributed by atoms with Crippen LogP contribution >= 0.6 is 0 Å². The van der Waals surface area contributed by atoms with Crippen molar-refractivity contribution in [3.8, 4) is 0 Å². The molecule has 0 amide bonds. The van der Waals surface area contributed by atoms with Gasteiger partial charge in [-0.3, -0.25) is 4.79 Å². The predicted molar refractivity (Wildman–Crippen MR) is 61.3 cm³/mol. The van der Waals surface area contributed by atoms with E-state index in [1.165, 1.54) is 12.5 Å². The molecule has 4 heteroatoms. The first kappa shape index (κ1) is 11.3. The molecule has 1 N–H and O–H groups in total. The fourth-order valence-electron chi connectivity index (χ4n) is 2.40. The largest absolute Gasteiger partial charge is 0.378 e. The number of hydrogen-bond acceptors (Lipinski definition) is 3. The van der Waals surface area contributed by atoms with E-state index in [1.54, 1.807) is 7.11 Å². The van der Waals surface area contributed by atoms with E-state index >= 15 is 0 Å². The molecule has 0 spiro atoms. The van der Waals surface area contributed by atoms with E-state index in [-0.39, 0.29) is 5.56 Å². The van der Waals surface area contributed by atoms with E-state index in [2.05, 4.69) is 16.9 Å². The highest BCUT2D eigenvalue weighted by Gasteiger charge is 2.24. The first-order chi connectivity index (χ1) is 7.69. The molecule has 1 fully saturated rings. The van der Waals surface area contributed by atoms with Gasteiger partial charge in [0.1, 0.15) is 5.82 Å². The van der Waals surface area contributed by atoms with Crippen LogP contribution < -0.4 is 5.56 Å². The molecule has 0 bridgehead atoms. The Morgan fingerprint density at radius 1 is 1.56 bits per heavy atom. The molecule has 1 aliphatic rings. The maximum Gasteiger partial charge on any atom is 0.251 e. The van der Waals surface area contributed by atoms with Gasteiger partial charge in [0.15, 0.2) is 0 Å². The van der Waals surface area contributed by atoms with E-state index < -0.39 is 0 Å².